The van der Waals surface area contributed by atoms with Crippen LogP contribution in [0.25, 0.3) is 0 Å². The molecule has 0 bridgehead atoms. The van der Waals surface area contributed by atoms with Crippen LogP contribution in [0.5, 0.6) is 5.75 Å². The number of sulfonamides is 1. The van der Waals surface area contributed by atoms with E-state index < -0.39 is 27.6 Å². The zero-order valence-electron chi connectivity index (χ0n) is 16.2. The molecule has 0 aromatic heterocycles. The number of halogens is 1. The van der Waals surface area contributed by atoms with Crippen molar-refractivity contribution in [3.8, 4) is 5.75 Å². The standard InChI is InChI=1S/C18H28N2O5S.ClH/c1-5-24-17(21)16-9-13-8-14(6-7-15(13)25-16)26(22,23)20-18(4,11-19)10-12(2)3;/h6-8,12,16,20H,5,9-11,19H2,1-4H3;1H. The molecule has 2 atom stereocenters. The van der Waals surface area contributed by atoms with Gasteiger partial charge in [0.15, 0.2) is 6.10 Å². The highest BCUT2D eigenvalue weighted by molar-refractivity contribution is 7.89. The van der Waals surface area contributed by atoms with Gasteiger partial charge in [0.1, 0.15) is 5.75 Å². The Bertz CT molecular complexity index is 769. The van der Waals surface area contributed by atoms with E-state index in [1.54, 1.807) is 26.0 Å². The summed E-state index contributed by atoms with van der Waals surface area (Å²) < 4.78 is 38.9. The van der Waals surface area contributed by atoms with Gasteiger partial charge >= 0.3 is 5.97 Å². The quantitative estimate of drug-likeness (QED) is 0.623. The third-order valence-corrected chi connectivity index (χ3v) is 5.89. The maximum Gasteiger partial charge on any atom is 0.347 e. The van der Waals surface area contributed by atoms with Gasteiger partial charge in [-0.15, -0.1) is 12.4 Å². The number of benzene rings is 1. The van der Waals surface area contributed by atoms with Crippen LogP contribution in [0.4, 0.5) is 0 Å². The Labute approximate surface area is 167 Å². The van der Waals surface area contributed by atoms with Crippen LogP contribution in [0.1, 0.15) is 39.7 Å². The SMILES string of the molecule is CCOC(=O)C1Cc2cc(S(=O)(=O)NC(C)(CN)CC(C)C)ccc2O1.Cl. The van der Waals surface area contributed by atoms with Crippen molar-refractivity contribution in [2.75, 3.05) is 13.2 Å². The van der Waals surface area contributed by atoms with Gasteiger partial charge in [-0.2, -0.15) is 0 Å². The third-order valence-electron chi connectivity index (χ3n) is 4.26. The summed E-state index contributed by atoms with van der Waals surface area (Å²) in [6.45, 7) is 8.03. The molecule has 1 aromatic carbocycles. The Morgan fingerprint density at radius 3 is 2.67 bits per heavy atom. The van der Waals surface area contributed by atoms with Crippen LogP contribution in [0.15, 0.2) is 23.1 Å². The molecule has 7 nitrogen and oxygen atoms in total. The van der Waals surface area contributed by atoms with E-state index in [4.69, 9.17) is 15.2 Å². The van der Waals surface area contributed by atoms with Crippen molar-refractivity contribution in [3.05, 3.63) is 23.8 Å². The lowest BCUT2D eigenvalue weighted by Gasteiger charge is -2.30. The minimum atomic E-state index is -3.75. The van der Waals surface area contributed by atoms with Crippen molar-refractivity contribution < 1.29 is 22.7 Å². The van der Waals surface area contributed by atoms with Crippen LogP contribution < -0.4 is 15.2 Å². The van der Waals surface area contributed by atoms with Crippen molar-refractivity contribution >= 4 is 28.4 Å². The van der Waals surface area contributed by atoms with E-state index in [1.165, 1.54) is 6.07 Å². The first-order valence-corrected chi connectivity index (χ1v) is 10.3. The molecule has 3 N–H and O–H groups in total. The first kappa shape index (κ1) is 23.7. The van der Waals surface area contributed by atoms with E-state index in [-0.39, 0.29) is 36.9 Å². The van der Waals surface area contributed by atoms with Crippen molar-refractivity contribution in [2.45, 2.75) is 57.1 Å². The average molecular weight is 421 g/mol. The molecule has 0 fully saturated rings. The minimum absolute atomic E-state index is 0. The molecule has 154 valence electrons. The Kier molecular flexibility index (Phi) is 8.10. The molecule has 2 unspecified atom stereocenters. The van der Waals surface area contributed by atoms with Gasteiger partial charge in [-0.25, -0.2) is 17.9 Å². The normalized spacial score (nSPS) is 18.2. The predicted octanol–water partition coefficient (Wildman–Crippen LogP) is 2.02. The van der Waals surface area contributed by atoms with Crippen molar-refractivity contribution in [2.24, 2.45) is 11.7 Å². The summed E-state index contributed by atoms with van der Waals surface area (Å²) in [5.74, 6) is 0.356. The molecule has 1 aliphatic heterocycles. The van der Waals surface area contributed by atoms with E-state index >= 15 is 0 Å². The first-order valence-electron chi connectivity index (χ1n) is 8.80. The largest absolute Gasteiger partial charge is 0.478 e. The summed E-state index contributed by atoms with van der Waals surface area (Å²) in [5, 5.41) is 0. The molecule has 0 saturated carbocycles. The number of fused-ring (bicyclic) bond motifs is 1. The summed E-state index contributed by atoms with van der Waals surface area (Å²) in [6.07, 6.45) is 0.186. The molecule has 0 amide bonds. The summed E-state index contributed by atoms with van der Waals surface area (Å²) in [5.41, 5.74) is 5.76. The minimum Gasteiger partial charge on any atom is -0.478 e. The fourth-order valence-corrected chi connectivity index (χ4v) is 4.69. The molecule has 0 spiro atoms. The Morgan fingerprint density at radius 1 is 1.44 bits per heavy atom. The number of hydrogen-bond acceptors (Lipinski definition) is 6. The van der Waals surface area contributed by atoms with Gasteiger partial charge < -0.3 is 15.2 Å². The number of nitrogens with two attached hydrogens (primary N) is 1. The highest BCUT2D eigenvalue weighted by Crippen LogP contribution is 2.32. The van der Waals surface area contributed by atoms with Crippen molar-refractivity contribution in [1.29, 1.82) is 0 Å². The first-order chi connectivity index (χ1) is 12.1. The zero-order chi connectivity index (χ0) is 19.5. The molecular weight excluding hydrogens is 392 g/mol. The number of rotatable bonds is 8. The summed E-state index contributed by atoms with van der Waals surface area (Å²) in [6, 6.07) is 4.59. The van der Waals surface area contributed by atoms with Crippen LogP contribution in [0.2, 0.25) is 0 Å². The highest BCUT2D eigenvalue weighted by Gasteiger charge is 2.33. The Balaban J connectivity index is 0.00000364. The number of carbonyl (C=O) groups excluding carboxylic acids is 1. The second kappa shape index (κ2) is 9.23. The molecule has 1 heterocycles. The van der Waals surface area contributed by atoms with E-state index in [9.17, 15) is 13.2 Å². The number of ether oxygens (including phenoxy) is 2. The Morgan fingerprint density at radius 2 is 2.11 bits per heavy atom. The lowest BCUT2D eigenvalue weighted by atomic mass is 9.92. The molecule has 1 aliphatic rings. The van der Waals surface area contributed by atoms with E-state index in [1.807, 2.05) is 13.8 Å². The molecule has 27 heavy (non-hydrogen) atoms. The predicted molar refractivity (Wildman–Crippen MR) is 106 cm³/mol. The smallest absolute Gasteiger partial charge is 0.347 e. The summed E-state index contributed by atoms with van der Waals surface area (Å²) >= 11 is 0. The van der Waals surface area contributed by atoms with Gasteiger partial charge in [-0.3, -0.25) is 0 Å². The topological polar surface area (TPSA) is 108 Å². The fraction of sp³-hybridized carbons (Fsp3) is 0.611. The lowest BCUT2D eigenvalue weighted by Crippen LogP contribution is -2.51. The van der Waals surface area contributed by atoms with Crippen LogP contribution in [0, 0.1) is 5.92 Å². The van der Waals surface area contributed by atoms with Gasteiger partial charge in [0.2, 0.25) is 10.0 Å². The van der Waals surface area contributed by atoms with E-state index in [0.717, 1.165) is 0 Å². The Hall–Kier alpha value is -1.35. The average Bonchev–Trinajstić information content (AvgIpc) is 2.97. The van der Waals surface area contributed by atoms with Gasteiger partial charge in [0.05, 0.1) is 11.5 Å². The molecule has 1 aromatic rings. The van der Waals surface area contributed by atoms with E-state index in [2.05, 4.69) is 4.72 Å². The van der Waals surface area contributed by atoms with Gasteiger partial charge in [-0.1, -0.05) is 13.8 Å². The molecule has 0 radical (unpaired) electrons. The van der Waals surface area contributed by atoms with Gasteiger partial charge in [0.25, 0.3) is 0 Å². The van der Waals surface area contributed by atoms with E-state index in [0.29, 0.717) is 23.7 Å². The maximum atomic E-state index is 12.8. The third kappa shape index (κ3) is 5.81. The van der Waals surface area contributed by atoms with Crippen LogP contribution >= 0.6 is 12.4 Å². The van der Waals surface area contributed by atoms with Crippen LogP contribution in [0.3, 0.4) is 0 Å². The second-order valence-electron chi connectivity index (χ2n) is 7.30. The zero-order valence-corrected chi connectivity index (χ0v) is 17.8. The van der Waals surface area contributed by atoms with Gasteiger partial charge in [-0.05, 0) is 49.9 Å². The second-order valence-corrected chi connectivity index (χ2v) is 8.98. The molecule has 0 aliphatic carbocycles. The molecular formula is C18H29ClN2O5S. The van der Waals surface area contributed by atoms with Crippen molar-refractivity contribution in [3.63, 3.8) is 0 Å². The number of esters is 1. The summed E-state index contributed by atoms with van der Waals surface area (Å²) in [7, 11) is -3.75. The summed E-state index contributed by atoms with van der Waals surface area (Å²) in [4.78, 5) is 12.0. The fourth-order valence-electron chi connectivity index (χ4n) is 3.21. The monoisotopic (exact) mass is 420 g/mol. The van der Waals surface area contributed by atoms with Crippen LogP contribution in [-0.4, -0.2) is 39.2 Å². The molecule has 0 saturated heterocycles. The number of hydrogen-bond donors (Lipinski definition) is 2. The molecule has 2 rings (SSSR count). The number of nitrogens with one attached hydrogen (secondary N) is 1. The van der Waals surface area contributed by atoms with Gasteiger partial charge in [0, 0.05) is 18.5 Å². The highest BCUT2D eigenvalue weighted by atomic mass is 35.5. The molecule has 9 heteroatoms. The van der Waals surface area contributed by atoms with Crippen molar-refractivity contribution in [1.82, 2.24) is 4.72 Å². The number of carbonyl (C=O) groups is 1. The lowest BCUT2D eigenvalue weighted by molar-refractivity contribution is -0.150. The maximum absolute atomic E-state index is 12.8. The van der Waals surface area contributed by atoms with Crippen LogP contribution in [-0.2, 0) is 26.0 Å².